The zero-order valence-corrected chi connectivity index (χ0v) is 12.9. The minimum absolute atomic E-state index is 0.164. The van der Waals surface area contributed by atoms with Crippen molar-refractivity contribution in [2.75, 3.05) is 11.9 Å². The molecule has 0 aliphatic carbocycles. The number of benzene rings is 2. The van der Waals surface area contributed by atoms with Gasteiger partial charge in [-0.05, 0) is 30.7 Å². The minimum Gasteiger partial charge on any atom is -0.462 e. The maximum Gasteiger partial charge on any atom is 0.339 e. The van der Waals surface area contributed by atoms with Gasteiger partial charge in [0.2, 0.25) is 5.91 Å². The standard InChI is InChI=1S/C17H16ClNO3/c1-2-22-17(21)14-11-13(8-9-15(14)18)19-16(20)10-12-6-4-3-5-7-12/h3-9,11H,2,10H2,1H3,(H,19,20). The van der Waals surface area contributed by atoms with E-state index in [2.05, 4.69) is 5.32 Å². The zero-order valence-electron chi connectivity index (χ0n) is 12.1. The number of halogens is 1. The van der Waals surface area contributed by atoms with Gasteiger partial charge in [-0.25, -0.2) is 4.79 Å². The highest BCUT2D eigenvalue weighted by Gasteiger charge is 2.13. The molecule has 0 heterocycles. The van der Waals surface area contributed by atoms with Crippen LogP contribution in [0.25, 0.3) is 0 Å². The Hall–Kier alpha value is -2.33. The van der Waals surface area contributed by atoms with Crippen molar-refractivity contribution in [3.8, 4) is 0 Å². The molecule has 0 aliphatic heterocycles. The first-order valence-corrected chi connectivity index (χ1v) is 7.28. The molecule has 0 unspecified atom stereocenters. The van der Waals surface area contributed by atoms with Crippen LogP contribution in [0.4, 0.5) is 5.69 Å². The van der Waals surface area contributed by atoms with Gasteiger partial charge in [-0.2, -0.15) is 0 Å². The van der Waals surface area contributed by atoms with Gasteiger partial charge < -0.3 is 10.1 Å². The van der Waals surface area contributed by atoms with Gasteiger partial charge in [0, 0.05) is 5.69 Å². The zero-order chi connectivity index (χ0) is 15.9. The summed E-state index contributed by atoms with van der Waals surface area (Å²) in [5, 5.41) is 3.04. The lowest BCUT2D eigenvalue weighted by Crippen LogP contribution is -2.15. The van der Waals surface area contributed by atoms with Crippen LogP contribution in [0.3, 0.4) is 0 Å². The van der Waals surface area contributed by atoms with E-state index in [0.717, 1.165) is 5.56 Å². The Bertz CT molecular complexity index is 671. The average Bonchev–Trinajstić information content (AvgIpc) is 2.50. The molecule has 2 rings (SSSR count). The Morgan fingerprint density at radius 3 is 2.55 bits per heavy atom. The predicted octanol–water partition coefficient (Wildman–Crippen LogP) is 3.70. The molecule has 2 aromatic rings. The fourth-order valence-electron chi connectivity index (χ4n) is 1.95. The molecule has 0 bridgehead atoms. The summed E-state index contributed by atoms with van der Waals surface area (Å²) in [4.78, 5) is 23.8. The molecule has 1 N–H and O–H groups in total. The smallest absolute Gasteiger partial charge is 0.339 e. The normalized spacial score (nSPS) is 10.1. The molecule has 0 aliphatic rings. The van der Waals surface area contributed by atoms with Gasteiger partial charge >= 0.3 is 5.97 Å². The summed E-state index contributed by atoms with van der Waals surface area (Å²) in [5.74, 6) is -0.671. The molecule has 0 saturated carbocycles. The topological polar surface area (TPSA) is 55.4 Å². The summed E-state index contributed by atoms with van der Waals surface area (Å²) < 4.78 is 4.93. The number of hydrogen-bond acceptors (Lipinski definition) is 3. The van der Waals surface area contributed by atoms with Crippen LogP contribution in [0.2, 0.25) is 5.02 Å². The molecule has 114 valence electrons. The van der Waals surface area contributed by atoms with Gasteiger partial charge in [0.05, 0.1) is 23.6 Å². The lowest BCUT2D eigenvalue weighted by Gasteiger charge is -2.09. The van der Waals surface area contributed by atoms with Gasteiger partial charge in [-0.3, -0.25) is 4.79 Å². The van der Waals surface area contributed by atoms with Crippen LogP contribution in [-0.4, -0.2) is 18.5 Å². The molecular weight excluding hydrogens is 302 g/mol. The van der Waals surface area contributed by atoms with Crippen LogP contribution in [0.15, 0.2) is 48.5 Å². The summed E-state index contributed by atoms with van der Waals surface area (Å²) in [7, 11) is 0. The van der Waals surface area contributed by atoms with Crippen LogP contribution in [0.5, 0.6) is 0 Å². The summed E-state index contributed by atoms with van der Waals surface area (Å²) in [5.41, 5.74) is 1.66. The van der Waals surface area contributed by atoms with E-state index in [4.69, 9.17) is 16.3 Å². The van der Waals surface area contributed by atoms with E-state index in [1.54, 1.807) is 19.1 Å². The molecule has 22 heavy (non-hydrogen) atoms. The Morgan fingerprint density at radius 1 is 1.14 bits per heavy atom. The second-order valence-corrected chi connectivity index (χ2v) is 5.03. The van der Waals surface area contributed by atoms with E-state index in [1.165, 1.54) is 6.07 Å². The fourth-order valence-corrected chi connectivity index (χ4v) is 2.15. The van der Waals surface area contributed by atoms with Crippen LogP contribution >= 0.6 is 11.6 Å². The van der Waals surface area contributed by atoms with E-state index in [-0.39, 0.29) is 24.5 Å². The van der Waals surface area contributed by atoms with Crippen molar-refractivity contribution in [3.05, 3.63) is 64.7 Å². The average molecular weight is 318 g/mol. The van der Waals surface area contributed by atoms with Crippen molar-refractivity contribution in [1.82, 2.24) is 0 Å². The van der Waals surface area contributed by atoms with Gasteiger partial charge in [-0.1, -0.05) is 41.9 Å². The van der Waals surface area contributed by atoms with Crippen LogP contribution in [0, 0.1) is 0 Å². The molecule has 0 radical (unpaired) electrons. The van der Waals surface area contributed by atoms with Crippen molar-refractivity contribution in [1.29, 1.82) is 0 Å². The number of hydrogen-bond donors (Lipinski definition) is 1. The summed E-state index contributed by atoms with van der Waals surface area (Å²) >= 11 is 5.98. The molecule has 5 heteroatoms. The highest BCUT2D eigenvalue weighted by atomic mass is 35.5. The molecule has 2 aromatic carbocycles. The number of carbonyl (C=O) groups excluding carboxylic acids is 2. The fraction of sp³-hybridized carbons (Fsp3) is 0.176. The summed E-state index contributed by atoms with van der Waals surface area (Å²) in [6.45, 7) is 1.98. The monoisotopic (exact) mass is 317 g/mol. The molecule has 0 aromatic heterocycles. The number of amides is 1. The first-order valence-electron chi connectivity index (χ1n) is 6.90. The Kier molecular flexibility index (Phi) is 5.55. The van der Waals surface area contributed by atoms with Gasteiger partial charge in [0.25, 0.3) is 0 Å². The lowest BCUT2D eigenvalue weighted by atomic mass is 10.1. The number of nitrogens with one attached hydrogen (secondary N) is 1. The maximum atomic E-state index is 12.0. The van der Waals surface area contributed by atoms with E-state index in [9.17, 15) is 9.59 Å². The first kappa shape index (κ1) is 16.0. The van der Waals surface area contributed by atoms with E-state index in [1.807, 2.05) is 30.3 Å². The van der Waals surface area contributed by atoms with Gasteiger partial charge in [0.15, 0.2) is 0 Å². The Morgan fingerprint density at radius 2 is 1.86 bits per heavy atom. The van der Waals surface area contributed by atoms with Crippen molar-refractivity contribution < 1.29 is 14.3 Å². The van der Waals surface area contributed by atoms with Gasteiger partial charge in [0.1, 0.15) is 0 Å². The molecule has 0 spiro atoms. The molecule has 0 saturated heterocycles. The third-order valence-corrected chi connectivity index (χ3v) is 3.28. The van der Waals surface area contributed by atoms with Crippen molar-refractivity contribution in [3.63, 3.8) is 0 Å². The first-order chi connectivity index (χ1) is 10.6. The number of rotatable bonds is 5. The second kappa shape index (κ2) is 7.61. The summed E-state index contributed by atoms with van der Waals surface area (Å²) in [6, 6.07) is 14.1. The van der Waals surface area contributed by atoms with E-state index in [0.29, 0.717) is 10.7 Å². The number of ether oxygens (including phenoxy) is 1. The van der Waals surface area contributed by atoms with E-state index >= 15 is 0 Å². The van der Waals surface area contributed by atoms with Crippen LogP contribution in [-0.2, 0) is 16.0 Å². The highest BCUT2D eigenvalue weighted by molar-refractivity contribution is 6.33. The minimum atomic E-state index is -0.508. The molecule has 0 atom stereocenters. The van der Waals surface area contributed by atoms with Crippen LogP contribution in [0.1, 0.15) is 22.8 Å². The Balaban J connectivity index is 2.08. The molecule has 0 fully saturated rings. The quantitative estimate of drug-likeness (QED) is 0.855. The largest absolute Gasteiger partial charge is 0.462 e. The third-order valence-electron chi connectivity index (χ3n) is 2.95. The third kappa shape index (κ3) is 4.33. The molecule has 1 amide bonds. The number of carbonyl (C=O) groups is 2. The second-order valence-electron chi connectivity index (χ2n) is 4.63. The maximum absolute atomic E-state index is 12.0. The SMILES string of the molecule is CCOC(=O)c1cc(NC(=O)Cc2ccccc2)ccc1Cl. The predicted molar refractivity (Wildman–Crippen MR) is 86.2 cm³/mol. The Labute approximate surface area is 134 Å². The molecular formula is C17H16ClNO3. The summed E-state index contributed by atoms with van der Waals surface area (Å²) in [6.07, 6.45) is 0.262. The van der Waals surface area contributed by atoms with Crippen molar-refractivity contribution >= 4 is 29.2 Å². The van der Waals surface area contributed by atoms with Crippen LogP contribution < -0.4 is 5.32 Å². The van der Waals surface area contributed by atoms with E-state index < -0.39 is 5.97 Å². The highest BCUT2D eigenvalue weighted by Crippen LogP contribution is 2.21. The van der Waals surface area contributed by atoms with Crippen molar-refractivity contribution in [2.24, 2.45) is 0 Å². The number of esters is 1. The lowest BCUT2D eigenvalue weighted by molar-refractivity contribution is -0.115. The molecule has 4 nitrogen and oxygen atoms in total. The number of anilines is 1. The van der Waals surface area contributed by atoms with Crippen molar-refractivity contribution in [2.45, 2.75) is 13.3 Å². The van der Waals surface area contributed by atoms with Gasteiger partial charge in [-0.15, -0.1) is 0 Å².